The lowest BCUT2D eigenvalue weighted by Gasteiger charge is -2.26. The fraction of sp³-hybridized carbons (Fsp3) is 0.391. The number of halogens is 1. The average Bonchev–Trinajstić information content (AvgIpc) is 3.14. The fourth-order valence-electron chi connectivity index (χ4n) is 4.17. The van der Waals surface area contributed by atoms with Gasteiger partial charge in [0.1, 0.15) is 22.2 Å². The second-order valence-electron chi connectivity index (χ2n) is 8.08. The van der Waals surface area contributed by atoms with Gasteiger partial charge in [0.25, 0.3) is 5.91 Å². The van der Waals surface area contributed by atoms with Crippen LogP contribution in [0.5, 0.6) is 11.5 Å². The number of fused-ring (bicyclic) bond motifs is 1. The first kappa shape index (κ1) is 24.1. The first-order valence-electron chi connectivity index (χ1n) is 10.8. The zero-order chi connectivity index (χ0) is 24.5. The van der Waals surface area contributed by atoms with E-state index in [0.29, 0.717) is 18.8 Å². The quantitative estimate of drug-likeness (QED) is 0.632. The number of hydrogen-bond acceptors (Lipinski definition) is 7. The molecule has 0 bridgehead atoms. The predicted octanol–water partition coefficient (Wildman–Crippen LogP) is 2.56. The lowest BCUT2D eigenvalue weighted by molar-refractivity contribution is -0.118. The average molecular weight is 493 g/mol. The summed E-state index contributed by atoms with van der Waals surface area (Å²) in [6.07, 6.45) is 0.186. The highest BCUT2D eigenvalue weighted by molar-refractivity contribution is 7.89. The molecule has 0 aromatic heterocycles. The third-order valence-electron chi connectivity index (χ3n) is 5.81. The molecule has 182 valence electrons. The summed E-state index contributed by atoms with van der Waals surface area (Å²) in [4.78, 5) is 24.7. The largest absolute Gasteiger partial charge is 0.495 e. The van der Waals surface area contributed by atoms with Crippen LogP contribution in [0.1, 0.15) is 35.2 Å². The highest BCUT2D eigenvalue weighted by Crippen LogP contribution is 2.39. The fourth-order valence-corrected chi connectivity index (χ4v) is 5.76. The van der Waals surface area contributed by atoms with Crippen LogP contribution in [-0.2, 0) is 19.6 Å². The van der Waals surface area contributed by atoms with Gasteiger partial charge in [-0.2, -0.15) is 4.31 Å². The number of morpholine rings is 1. The van der Waals surface area contributed by atoms with E-state index in [9.17, 15) is 22.4 Å². The number of anilines is 1. The first-order chi connectivity index (χ1) is 16.2. The summed E-state index contributed by atoms with van der Waals surface area (Å²) >= 11 is 0. The molecule has 0 saturated carbocycles. The van der Waals surface area contributed by atoms with Crippen LogP contribution in [0.15, 0.2) is 35.2 Å². The van der Waals surface area contributed by atoms with Crippen LogP contribution in [0.4, 0.5) is 10.1 Å². The molecule has 34 heavy (non-hydrogen) atoms. The van der Waals surface area contributed by atoms with Gasteiger partial charge in [-0.15, -0.1) is 0 Å². The number of nitrogens with one attached hydrogen (secondary N) is 1. The van der Waals surface area contributed by atoms with Gasteiger partial charge in [-0.1, -0.05) is 6.92 Å². The molecule has 2 aromatic rings. The van der Waals surface area contributed by atoms with Crippen molar-refractivity contribution < 1.29 is 36.6 Å². The summed E-state index contributed by atoms with van der Waals surface area (Å²) in [7, 11) is -2.50. The second kappa shape index (κ2) is 9.69. The Bertz CT molecular complexity index is 1230. The SMILES string of the molecule is COc1ccc(NC(=O)COc2ccc(F)c3c2C(=O)C[C@H]3C)cc1S(=O)(=O)N1CCOCC1. The summed E-state index contributed by atoms with van der Waals surface area (Å²) < 4.78 is 57.6. The number of rotatable bonds is 7. The van der Waals surface area contributed by atoms with Crippen LogP contribution in [0.3, 0.4) is 0 Å². The second-order valence-corrected chi connectivity index (χ2v) is 9.99. The summed E-state index contributed by atoms with van der Waals surface area (Å²) in [5.74, 6) is -1.24. The Morgan fingerprint density at radius 2 is 1.91 bits per heavy atom. The van der Waals surface area contributed by atoms with Gasteiger partial charge < -0.3 is 19.5 Å². The highest BCUT2D eigenvalue weighted by atomic mass is 32.2. The van der Waals surface area contributed by atoms with E-state index in [2.05, 4.69) is 5.32 Å². The number of methoxy groups -OCH3 is 1. The molecule has 4 rings (SSSR count). The van der Waals surface area contributed by atoms with Crippen molar-refractivity contribution in [3.8, 4) is 11.5 Å². The maximum atomic E-state index is 14.2. The molecule has 0 spiro atoms. The topological polar surface area (TPSA) is 111 Å². The number of nitrogens with zero attached hydrogens (tertiary/aromatic N) is 1. The van der Waals surface area contributed by atoms with E-state index in [4.69, 9.17) is 14.2 Å². The molecule has 1 aliphatic heterocycles. The Balaban J connectivity index is 1.49. The Morgan fingerprint density at radius 3 is 2.62 bits per heavy atom. The van der Waals surface area contributed by atoms with E-state index in [1.165, 1.54) is 41.7 Å². The van der Waals surface area contributed by atoms with Crippen molar-refractivity contribution >= 4 is 27.4 Å². The monoisotopic (exact) mass is 492 g/mol. The van der Waals surface area contributed by atoms with Crippen molar-refractivity contribution in [1.29, 1.82) is 0 Å². The van der Waals surface area contributed by atoms with E-state index in [1.54, 1.807) is 6.92 Å². The maximum absolute atomic E-state index is 14.2. The van der Waals surface area contributed by atoms with Crippen molar-refractivity contribution in [3.05, 3.63) is 47.3 Å². The molecule has 1 N–H and O–H groups in total. The van der Waals surface area contributed by atoms with Gasteiger partial charge in [-0.25, -0.2) is 12.8 Å². The van der Waals surface area contributed by atoms with Gasteiger partial charge in [0, 0.05) is 30.8 Å². The molecule has 2 aliphatic rings. The molecule has 1 fully saturated rings. The molecule has 1 heterocycles. The smallest absolute Gasteiger partial charge is 0.262 e. The number of hydrogen-bond donors (Lipinski definition) is 1. The van der Waals surface area contributed by atoms with E-state index in [1.807, 2.05) is 0 Å². The molecule has 1 amide bonds. The Hall–Kier alpha value is -3.02. The van der Waals surface area contributed by atoms with Gasteiger partial charge in [-0.3, -0.25) is 9.59 Å². The summed E-state index contributed by atoms with van der Waals surface area (Å²) in [5.41, 5.74) is 0.704. The van der Waals surface area contributed by atoms with Crippen molar-refractivity contribution in [1.82, 2.24) is 4.31 Å². The van der Waals surface area contributed by atoms with Crippen LogP contribution in [-0.4, -0.2) is 64.4 Å². The number of ketones is 1. The van der Waals surface area contributed by atoms with Gasteiger partial charge in [-0.05, 0) is 36.2 Å². The zero-order valence-corrected chi connectivity index (χ0v) is 19.6. The van der Waals surface area contributed by atoms with Gasteiger partial charge in [0.2, 0.25) is 10.0 Å². The number of carbonyl (C=O) groups is 2. The third-order valence-corrected chi connectivity index (χ3v) is 7.73. The summed E-state index contributed by atoms with van der Waals surface area (Å²) in [6.45, 7) is 2.34. The van der Waals surface area contributed by atoms with E-state index in [0.717, 1.165) is 0 Å². The predicted molar refractivity (Wildman–Crippen MR) is 120 cm³/mol. The van der Waals surface area contributed by atoms with Crippen molar-refractivity contribution in [2.45, 2.75) is 24.2 Å². The van der Waals surface area contributed by atoms with E-state index < -0.39 is 28.4 Å². The Labute approximate surface area is 196 Å². The molecule has 0 unspecified atom stereocenters. The maximum Gasteiger partial charge on any atom is 0.262 e. The molecule has 0 radical (unpaired) electrons. The lowest BCUT2D eigenvalue weighted by atomic mass is 10.0. The molecular weight excluding hydrogens is 467 g/mol. The van der Waals surface area contributed by atoms with E-state index in [-0.39, 0.29) is 58.9 Å². The van der Waals surface area contributed by atoms with Gasteiger partial charge in [0.05, 0.1) is 25.9 Å². The minimum atomic E-state index is -3.87. The molecule has 9 nitrogen and oxygen atoms in total. The van der Waals surface area contributed by atoms with Crippen molar-refractivity contribution in [2.24, 2.45) is 0 Å². The molecule has 11 heteroatoms. The molecule has 1 aliphatic carbocycles. The molecule has 2 aromatic carbocycles. The number of ether oxygens (including phenoxy) is 3. The highest BCUT2D eigenvalue weighted by Gasteiger charge is 2.33. The van der Waals surface area contributed by atoms with Crippen LogP contribution in [0.25, 0.3) is 0 Å². The van der Waals surface area contributed by atoms with Crippen molar-refractivity contribution in [2.75, 3.05) is 45.3 Å². The van der Waals surface area contributed by atoms with Crippen LogP contribution in [0.2, 0.25) is 0 Å². The minimum Gasteiger partial charge on any atom is -0.495 e. The number of amides is 1. The molecule has 1 saturated heterocycles. The standard InChI is InChI=1S/C23H25FN2O7S/c1-14-11-17(27)23-19(6-4-16(24)22(14)23)33-13-21(28)25-15-3-5-18(31-2)20(12-15)34(29,30)26-7-9-32-10-8-26/h3-6,12,14H,7-11,13H2,1-2H3,(H,25,28)/t14-/m1/s1. The van der Waals surface area contributed by atoms with Crippen LogP contribution in [0, 0.1) is 5.82 Å². The van der Waals surface area contributed by atoms with E-state index >= 15 is 0 Å². The lowest BCUT2D eigenvalue weighted by Crippen LogP contribution is -2.40. The van der Waals surface area contributed by atoms with Crippen molar-refractivity contribution in [3.63, 3.8) is 0 Å². The number of Topliss-reactive ketones (excluding diaryl/α,β-unsaturated/α-hetero) is 1. The number of carbonyl (C=O) groups excluding carboxylic acids is 2. The van der Waals surface area contributed by atoms with Gasteiger partial charge in [0.15, 0.2) is 12.4 Å². The Morgan fingerprint density at radius 1 is 1.21 bits per heavy atom. The first-order valence-corrected chi connectivity index (χ1v) is 12.2. The summed E-state index contributed by atoms with van der Waals surface area (Å²) in [6, 6.07) is 6.83. The van der Waals surface area contributed by atoms with Crippen LogP contribution >= 0.6 is 0 Å². The molecule has 1 atom stereocenters. The number of sulfonamides is 1. The summed E-state index contributed by atoms with van der Waals surface area (Å²) in [5, 5.41) is 2.59. The Kier molecular flexibility index (Phi) is 6.87. The third kappa shape index (κ3) is 4.63. The normalized spacial score (nSPS) is 18.4. The number of benzene rings is 2. The van der Waals surface area contributed by atoms with Crippen LogP contribution < -0.4 is 14.8 Å². The van der Waals surface area contributed by atoms with Gasteiger partial charge >= 0.3 is 0 Å². The zero-order valence-electron chi connectivity index (χ0n) is 18.8. The minimum absolute atomic E-state index is 0.0773. The molecular formula is C23H25FN2O7S.